The van der Waals surface area contributed by atoms with E-state index in [1.165, 1.54) is 28.3 Å². The number of rotatable bonds is 5. The number of nitrogens with zero attached hydrogens (tertiary/aromatic N) is 4. The Labute approximate surface area is 285 Å². The average Bonchev–Trinajstić information content (AvgIpc) is 3.07. The Balaban J connectivity index is 0.000000431. The van der Waals surface area contributed by atoms with Crippen LogP contribution in [0.1, 0.15) is 22.3 Å². The number of hydrogen-bond donors (Lipinski definition) is 2. The van der Waals surface area contributed by atoms with Crippen LogP contribution >= 0.6 is 11.6 Å². The average molecular weight is 671 g/mol. The minimum Gasteiger partial charge on any atom is -0.374 e. The highest BCUT2D eigenvalue weighted by molar-refractivity contribution is 6.29. The van der Waals surface area contributed by atoms with Crippen molar-refractivity contribution >= 4 is 17.4 Å². The monoisotopic (exact) mass is 670 g/mol. The van der Waals surface area contributed by atoms with Crippen LogP contribution in [0.3, 0.4) is 0 Å². The van der Waals surface area contributed by atoms with Crippen molar-refractivity contribution in [1.29, 1.82) is 0 Å². The Kier molecular flexibility index (Phi) is 16.0. The van der Waals surface area contributed by atoms with Crippen LogP contribution in [-0.2, 0) is 0 Å². The summed E-state index contributed by atoms with van der Waals surface area (Å²) in [6.07, 6.45) is 0. The van der Waals surface area contributed by atoms with Gasteiger partial charge in [-0.1, -0.05) is 107 Å². The molecular weight excluding hydrogens is 628 g/mol. The minimum atomic E-state index is -0.495. The van der Waals surface area contributed by atoms with Crippen molar-refractivity contribution in [3.8, 4) is 22.7 Å². The van der Waals surface area contributed by atoms with Crippen LogP contribution in [0.25, 0.3) is 22.7 Å². The highest BCUT2D eigenvalue weighted by atomic mass is 35.5. The lowest BCUT2D eigenvalue weighted by atomic mass is 10.3. The molecule has 0 amide bonds. The van der Waals surface area contributed by atoms with Crippen molar-refractivity contribution in [2.24, 2.45) is 5.73 Å². The van der Waals surface area contributed by atoms with E-state index in [1.54, 1.807) is 79.8 Å². The molecule has 0 saturated heterocycles. The van der Waals surface area contributed by atoms with Crippen molar-refractivity contribution in [3.63, 3.8) is 0 Å². The first-order valence-corrected chi connectivity index (χ1v) is 14.2. The van der Waals surface area contributed by atoms with E-state index in [2.05, 4.69) is 11.1 Å². The molecule has 6 rings (SSSR count). The van der Waals surface area contributed by atoms with Gasteiger partial charge >= 0.3 is 11.4 Å². The van der Waals surface area contributed by atoms with Crippen LogP contribution in [0.5, 0.6) is 0 Å². The Morgan fingerprint density at radius 3 is 1.12 bits per heavy atom. The Morgan fingerprint density at radius 1 is 0.479 bits per heavy atom. The second-order valence-electron chi connectivity index (χ2n) is 9.17. The lowest BCUT2D eigenvalue weighted by Crippen LogP contribution is -2.38. The number of para-hydroxylation sites is 4. The molecule has 0 radical (unpaired) electrons. The SMILES string of the molecule is C.C.C.CN.CNc1cc(=O)n(-c2ccccc2)c(=O)n1-c1ccccc1.O=c1cc(Cl)n(-c2ccccc2)c(=O)n1-c1ccccc1. The standard InChI is InChI=1S/C17H15N3O2.C16H11ClN2O2.CH5N.3CH4/c1-18-15-12-16(21)20(14-10-6-3-7-11-14)17(22)19(15)13-8-4-2-5-9-13;17-14-11-15(20)19(13-9-5-2-6-10-13)16(21)18(14)12-7-3-1-4-8-12;1-2;;;/h2-12,18H,1H3;1-11H;2H2,1H3;3*1H4. The maximum atomic E-state index is 12.9. The molecule has 0 spiro atoms. The fourth-order valence-corrected chi connectivity index (χ4v) is 4.77. The van der Waals surface area contributed by atoms with Gasteiger partial charge in [0.15, 0.2) is 0 Å². The number of hydrogen-bond acceptors (Lipinski definition) is 6. The van der Waals surface area contributed by atoms with E-state index in [0.29, 0.717) is 28.6 Å². The van der Waals surface area contributed by atoms with Crippen molar-refractivity contribution in [2.45, 2.75) is 22.3 Å². The molecule has 0 bridgehead atoms. The van der Waals surface area contributed by atoms with E-state index >= 15 is 0 Å². The second-order valence-corrected chi connectivity index (χ2v) is 9.56. The van der Waals surface area contributed by atoms with Crippen molar-refractivity contribution < 1.29 is 0 Å². The third-order valence-corrected chi connectivity index (χ3v) is 6.76. The van der Waals surface area contributed by atoms with Crippen LogP contribution in [0.15, 0.2) is 153 Å². The van der Waals surface area contributed by atoms with Gasteiger partial charge in [-0.3, -0.25) is 14.2 Å². The predicted octanol–water partition coefficient (Wildman–Crippen LogP) is 6.16. The molecule has 0 unspecified atom stereocenters. The van der Waals surface area contributed by atoms with Gasteiger partial charge in [-0.05, 0) is 55.6 Å². The number of nitrogens with one attached hydrogen (secondary N) is 1. The first-order valence-electron chi connectivity index (χ1n) is 13.8. The quantitative estimate of drug-likeness (QED) is 0.212. The molecule has 11 heteroatoms. The minimum absolute atomic E-state index is 0. The number of nitrogens with two attached hydrogens (primary N) is 1. The molecule has 6 aromatic rings. The van der Waals surface area contributed by atoms with E-state index in [4.69, 9.17) is 11.6 Å². The van der Waals surface area contributed by atoms with Gasteiger partial charge < -0.3 is 11.1 Å². The summed E-state index contributed by atoms with van der Waals surface area (Å²) in [7, 11) is 3.18. The maximum absolute atomic E-state index is 12.9. The van der Waals surface area contributed by atoms with Gasteiger partial charge in [-0.2, -0.15) is 0 Å². The lowest BCUT2D eigenvalue weighted by molar-refractivity contribution is 0.802. The molecule has 0 aliphatic rings. The van der Waals surface area contributed by atoms with Gasteiger partial charge in [-0.25, -0.2) is 23.3 Å². The third-order valence-electron chi connectivity index (χ3n) is 6.48. The molecule has 3 N–H and O–H groups in total. The smallest absolute Gasteiger partial charge is 0.341 e. The van der Waals surface area contributed by atoms with E-state index in [0.717, 1.165) is 9.13 Å². The van der Waals surface area contributed by atoms with Crippen LogP contribution in [0.4, 0.5) is 5.82 Å². The van der Waals surface area contributed by atoms with E-state index in [-0.39, 0.29) is 33.0 Å². The van der Waals surface area contributed by atoms with E-state index in [9.17, 15) is 19.2 Å². The molecule has 0 atom stereocenters. The van der Waals surface area contributed by atoms with Gasteiger partial charge in [0.2, 0.25) is 0 Å². The lowest BCUT2D eigenvalue weighted by Gasteiger charge is -2.15. The Bertz CT molecular complexity index is 2090. The second kappa shape index (κ2) is 19.1. The summed E-state index contributed by atoms with van der Waals surface area (Å²) >= 11 is 6.08. The summed E-state index contributed by atoms with van der Waals surface area (Å²) in [5.74, 6) is 0.452. The summed E-state index contributed by atoms with van der Waals surface area (Å²) in [6, 6.07) is 38.5. The van der Waals surface area contributed by atoms with Gasteiger partial charge in [-0.15, -0.1) is 0 Å². The van der Waals surface area contributed by atoms with Gasteiger partial charge in [0.1, 0.15) is 11.0 Å². The fraction of sp³-hybridized carbons (Fsp3) is 0.135. The van der Waals surface area contributed by atoms with Crippen molar-refractivity contribution in [1.82, 2.24) is 18.3 Å². The summed E-state index contributed by atoms with van der Waals surface area (Å²) in [4.78, 5) is 49.9. The molecule has 10 nitrogen and oxygen atoms in total. The normalized spacial score (nSPS) is 9.50. The molecular formula is C37H43ClN6O4. The summed E-state index contributed by atoms with van der Waals surface area (Å²) in [5, 5.41) is 2.99. The largest absolute Gasteiger partial charge is 0.374 e. The topological polar surface area (TPSA) is 126 Å². The first kappa shape index (κ1) is 40.3. The predicted molar refractivity (Wildman–Crippen MR) is 200 cm³/mol. The molecule has 0 aliphatic carbocycles. The van der Waals surface area contributed by atoms with Crippen LogP contribution in [0, 0.1) is 0 Å². The molecule has 0 saturated carbocycles. The maximum Gasteiger partial charge on any atom is 0.341 e. The zero-order valence-electron chi connectivity index (χ0n) is 24.6. The molecule has 2 aromatic heterocycles. The van der Waals surface area contributed by atoms with Crippen molar-refractivity contribution in [2.75, 3.05) is 19.4 Å². The van der Waals surface area contributed by atoms with E-state index < -0.39 is 16.9 Å². The highest BCUT2D eigenvalue weighted by Gasteiger charge is 2.14. The molecule has 4 aromatic carbocycles. The summed E-state index contributed by atoms with van der Waals surface area (Å²) < 4.78 is 5.04. The molecule has 48 heavy (non-hydrogen) atoms. The number of anilines is 1. The first-order chi connectivity index (χ1) is 21.9. The van der Waals surface area contributed by atoms with Crippen LogP contribution in [-0.4, -0.2) is 32.4 Å². The van der Waals surface area contributed by atoms with Gasteiger partial charge in [0, 0.05) is 19.2 Å². The number of halogens is 1. The molecule has 0 aliphatic heterocycles. The number of aromatic nitrogens is 4. The summed E-state index contributed by atoms with van der Waals surface area (Å²) in [5.41, 5.74) is 5.13. The molecule has 252 valence electrons. The third kappa shape index (κ3) is 8.75. The summed E-state index contributed by atoms with van der Waals surface area (Å²) in [6.45, 7) is 0. The number of benzene rings is 4. The van der Waals surface area contributed by atoms with Gasteiger partial charge in [0.05, 0.1) is 22.7 Å². The zero-order valence-corrected chi connectivity index (χ0v) is 25.3. The fourth-order valence-electron chi connectivity index (χ4n) is 4.51. The Hall–Kier alpha value is -5.71. The van der Waals surface area contributed by atoms with Gasteiger partial charge in [0.25, 0.3) is 11.1 Å². The van der Waals surface area contributed by atoms with Crippen molar-refractivity contribution in [3.05, 3.63) is 180 Å². The van der Waals surface area contributed by atoms with E-state index in [1.807, 2.05) is 48.5 Å². The highest BCUT2D eigenvalue weighted by Crippen LogP contribution is 2.13. The molecule has 0 fully saturated rings. The zero-order chi connectivity index (χ0) is 32.3. The van der Waals surface area contributed by atoms with Crippen LogP contribution < -0.4 is 33.5 Å². The Morgan fingerprint density at radius 2 is 0.771 bits per heavy atom. The molecule has 2 heterocycles. The van der Waals surface area contributed by atoms with Crippen LogP contribution in [0.2, 0.25) is 5.15 Å².